The van der Waals surface area contributed by atoms with Gasteiger partial charge in [-0.3, -0.25) is 5.41 Å². The second-order valence-electron chi connectivity index (χ2n) is 2.90. The summed E-state index contributed by atoms with van der Waals surface area (Å²) < 4.78 is 0. The molecule has 1 aromatic carbocycles. The minimum absolute atomic E-state index is 0.0975. The average molecular weight is 229 g/mol. The average Bonchev–Trinajstić information content (AvgIpc) is 2.14. The van der Waals surface area contributed by atoms with Gasteiger partial charge in [-0.2, -0.15) is 0 Å². The third kappa shape index (κ3) is 2.93. The number of hydrogen-bond acceptors (Lipinski definition) is 2. The fourth-order valence-electron chi connectivity index (χ4n) is 1.05. The number of hydrogen-bond donors (Lipinski definition) is 2. The highest BCUT2D eigenvalue weighted by molar-refractivity contribution is 7.99. The van der Waals surface area contributed by atoms with Gasteiger partial charge in [-0.1, -0.05) is 18.5 Å². The summed E-state index contributed by atoms with van der Waals surface area (Å²) in [6, 6.07) is 5.41. The quantitative estimate of drug-likeness (QED) is 0.473. The Morgan fingerprint density at radius 2 is 2.29 bits per heavy atom. The summed E-state index contributed by atoms with van der Waals surface area (Å²) in [5.74, 6) is 1.11. The molecule has 0 saturated carbocycles. The number of nitrogens with one attached hydrogen (secondary N) is 1. The van der Waals surface area contributed by atoms with Gasteiger partial charge < -0.3 is 5.73 Å². The molecule has 1 aromatic rings. The number of rotatable bonds is 4. The minimum atomic E-state index is 0.0975. The molecule has 0 saturated heterocycles. The van der Waals surface area contributed by atoms with Gasteiger partial charge in [0.05, 0.1) is 0 Å². The van der Waals surface area contributed by atoms with E-state index in [1.807, 2.05) is 6.07 Å². The van der Waals surface area contributed by atoms with E-state index in [9.17, 15) is 0 Å². The van der Waals surface area contributed by atoms with Gasteiger partial charge in [0.1, 0.15) is 5.84 Å². The van der Waals surface area contributed by atoms with Crippen LogP contribution in [0.15, 0.2) is 23.1 Å². The molecule has 0 amide bonds. The molecular weight excluding hydrogens is 216 g/mol. The standard InChI is InChI=1S/C10H13ClN2S/c1-2-5-14-9-6-7(11)3-4-8(9)10(12)13/h3-4,6H,2,5H2,1H3,(H3,12,13). The first-order valence-corrected chi connectivity index (χ1v) is 5.78. The van der Waals surface area contributed by atoms with Gasteiger partial charge in [-0.05, 0) is 30.4 Å². The van der Waals surface area contributed by atoms with E-state index in [2.05, 4.69) is 6.92 Å². The van der Waals surface area contributed by atoms with E-state index in [4.69, 9.17) is 22.7 Å². The predicted octanol–water partition coefficient (Wildman–Crippen LogP) is 3.13. The third-order valence-electron chi connectivity index (χ3n) is 1.70. The maximum Gasteiger partial charge on any atom is 0.123 e. The van der Waals surface area contributed by atoms with Crippen LogP contribution < -0.4 is 5.73 Å². The van der Waals surface area contributed by atoms with Crippen LogP contribution in [0.5, 0.6) is 0 Å². The van der Waals surface area contributed by atoms with Gasteiger partial charge in [0, 0.05) is 15.5 Å². The Morgan fingerprint density at radius 3 is 2.86 bits per heavy atom. The molecule has 1 rings (SSSR count). The van der Waals surface area contributed by atoms with Crippen LogP contribution >= 0.6 is 23.4 Å². The molecule has 14 heavy (non-hydrogen) atoms. The Morgan fingerprint density at radius 1 is 1.57 bits per heavy atom. The van der Waals surface area contributed by atoms with Crippen LogP contribution in [-0.2, 0) is 0 Å². The van der Waals surface area contributed by atoms with Gasteiger partial charge in [-0.15, -0.1) is 11.8 Å². The Balaban J connectivity index is 2.97. The van der Waals surface area contributed by atoms with Crippen molar-refractivity contribution < 1.29 is 0 Å². The Hall–Kier alpha value is -0.670. The molecule has 3 N–H and O–H groups in total. The van der Waals surface area contributed by atoms with Gasteiger partial charge in [0.2, 0.25) is 0 Å². The zero-order valence-electron chi connectivity index (χ0n) is 8.01. The van der Waals surface area contributed by atoms with E-state index in [1.165, 1.54) is 0 Å². The molecule has 0 aliphatic carbocycles. The summed E-state index contributed by atoms with van der Waals surface area (Å²) in [5.41, 5.74) is 6.23. The fourth-order valence-corrected chi connectivity index (χ4v) is 2.25. The van der Waals surface area contributed by atoms with Crippen LogP contribution in [0.4, 0.5) is 0 Å². The summed E-state index contributed by atoms with van der Waals surface area (Å²) in [6.45, 7) is 2.12. The fraction of sp³-hybridized carbons (Fsp3) is 0.300. The number of nitrogens with two attached hydrogens (primary N) is 1. The molecule has 2 nitrogen and oxygen atoms in total. The minimum Gasteiger partial charge on any atom is -0.384 e. The topological polar surface area (TPSA) is 49.9 Å². The molecule has 0 heterocycles. The second kappa shape index (κ2) is 5.27. The third-order valence-corrected chi connectivity index (χ3v) is 3.19. The van der Waals surface area contributed by atoms with Gasteiger partial charge in [0.15, 0.2) is 0 Å². The lowest BCUT2D eigenvalue weighted by Gasteiger charge is -2.07. The SMILES string of the molecule is CCCSc1cc(Cl)ccc1C(=N)N. The first-order valence-electron chi connectivity index (χ1n) is 4.42. The smallest absolute Gasteiger partial charge is 0.123 e. The number of halogens is 1. The lowest BCUT2D eigenvalue weighted by atomic mass is 10.2. The van der Waals surface area contributed by atoms with Crippen LogP contribution in [0.25, 0.3) is 0 Å². The lowest BCUT2D eigenvalue weighted by Crippen LogP contribution is -2.12. The molecule has 0 aliphatic heterocycles. The highest BCUT2D eigenvalue weighted by Gasteiger charge is 2.05. The normalized spacial score (nSPS) is 10.1. The van der Waals surface area contributed by atoms with Crippen molar-refractivity contribution in [3.05, 3.63) is 28.8 Å². The van der Waals surface area contributed by atoms with E-state index in [0.29, 0.717) is 5.02 Å². The van der Waals surface area contributed by atoms with Crippen LogP contribution in [0.1, 0.15) is 18.9 Å². The van der Waals surface area contributed by atoms with Crippen LogP contribution in [0.3, 0.4) is 0 Å². The van der Waals surface area contributed by atoms with Crippen LogP contribution in [0, 0.1) is 5.41 Å². The Bertz CT molecular complexity index is 339. The van der Waals surface area contributed by atoms with Crippen molar-refractivity contribution >= 4 is 29.2 Å². The van der Waals surface area contributed by atoms with E-state index in [1.54, 1.807) is 23.9 Å². The molecule has 0 atom stereocenters. The molecular formula is C10H13ClN2S. The van der Waals surface area contributed by atoms with E-state index < -0.39 is 0 Å². The van der Waals surface area contributed by atoms with E-state index in [-0.39, 0.29) is 5.84 Å². The second-order valence-corrected chi connectivity index (χ2v) is 4.48. The maximum atomic E-state index is 7.40. The van der Waals surface area contributed by atoms with Crippen molar-refractivity contribution in [1.82, 2.24) is 0 Å². The molecule has 0 unspecified atom stereocenters. The summed E-state index contributed by atoms with van der Waals surface area (Å²) in [6.07, 6.45) is 1.09. The zero-order chi connectivity index (χ0) is 10.6. The van der Waals surface area contributed by atoms with E-state index in [0.717, 1.165) is 22.6 Å². The van der Waals surface area contributed by atoms with Gasteiger partial charge in [0.25, 0.3) is 0 Å². The van der Waals surface area contributed by atoms with Crippen LogP contribution in [0.2, 0.25) is 5.02 Å². The Labute approximate surface area is 93.3 Å². The summed E-state index contributed by atoms with van der Waals surface area (Å²) in [4.78, 5) is 0.992. The number of thioether (sulfide) groups is 1. The van der Waals surface area contributed by atoms with Crippen molar-refractivity contribution in [2.24, 2.45) is 5.73 Å². The number of amidine groups is 1. The summed E-state index contributed by atoms with van der Waals surface area (Å²) in [7, 11) is 0. The van der Waals surface area contributed by atoms with Crippen molar-refractivity contribution in [3.8, 4) is 0 Å². The Kier molecular flexibility index (Phi) is 4.29. The molecule has 0 aromatic heterocycles. The largest absolute Gasteiger partial charge is 0.384 e. The predicted molar refractivity (Wildman–Crippen MR) is 63.5 cm³/mol. The van der Waals surface area contributed by atoms with E-state index >= 15 is 0 Å². The molecule has 0 spiro atoms. The first-order chi connectivity index (χ1) is 6.65. The monoisotopic (exact) mass is 228 g/mol. The highest BCUT2D eigenvalue weighted by atomic mass is 35.5. The summed E-state index contributed by atoms with van der Waals surface area (Å²) >= 11 is 7.56. The van der Waals surface area contributed by atoms with Gasteiger partial charge in [-0.25, -0.2) is 0 Å². The number of nitrogen functional groups attached to an aromatic ring is 1. The maximum absolute atomic E-state index is 7.40. The zero-order valence-corrected chi connectivity index (χ0v) is 9.58. The van der Waals surface area contributed by atoms with Gasteiger partial charge >= 0.3 is 0 Å². The number of benzene rings is 1. The first kappa shape index (κ1) is 11.4. The van der Waals surface area contributed by atoms with Crippen molar-refractivity contribution in [1.29, 1.82) is 5.41 Å². The van der Waals surface area contributed by atoms with Crippen molar-refractivity contribution in [2.75, 3.05) is 5.75 Å². The van der Waals surface area contributed by atoms with Crippen LogP contribution in [-0.4, -0.2) is 11.6 Å². The molecule has 0 aliphatic rings. The molecule has 0 bridgehead atoms. The summed E-state index contributed by atoms with van der Waals surface area (Å²) in [5, 5.41) is 8.09. The lowest BCUT2D eigenvalue weighted by molar-refractivity contribution is 1.10. The highest BCUT2D eigenvalue weighted by Crippen LogP contribution is 2.26. The molecule has 0 radical (unpaired) electrons. The molecule has 76 valence electrons. The molecule has 4 heteroatoms. The van der Waals surface area contributed by atoms with Crippen molar-refractivity contribution in [3.63, 3.8) is 0 Å². The van der Waals surface area contributed by atoms with Crippen molar-refractivity contribution in [2.45, 2.75) is 18.2 Å². The molecule has 0 fully saturated rings.